The summed E-state index contributed by atoms with van der Waals surface area (Å²) in [5.74, 6) is -0.421. The number of aromatic nitrogens is 3. The topological polar surface area (TPSA) is 92.8 Å². The molecule has 2 bridgehead atoms. The van der Waals surface area contributed by atoms with Gasteiger partial charge in [0, 0.05) is 17.0 Å². The van der Waals surface area contributed by atoms with Crippen LogP contribution in [0.2, 0.25) is 5.02 Å². The van der Waals surface area contributed by atoms with Gasteiger partial charge < -0.3 is 10.1 Å². The maximum atomic E-state index is 13.4. The van der Waals surface area contributed by atoms with Crippen LogP contribution in [-0.4, -0.2) is 33.0 Å². The van der Waals surface area contributed by atoms with Crippen molar-refractivity contribution in [1.29, 1.82) is 5.26 Å². The van der Waals surface area contributed by atoms with E-state index in [0.29, 0.717) is 0 Å². The van der Waals surface area contributed by atoms with Gasteiger partial charge in [-0.25, -0.2) is 4.39 Å². The van der Waals surface area contributed by atoms with Crippen molar-refractivity contribution in [3.63, 3.8) is 0 Å². The normalized spacial score (nSPS) is 31.6. The van der Waals surface area contributed by atoms with Gasteiger partial charge in [-0.1, -0.05) is 11.6 Å². The summed E-state index contributed by atoms with van der Waals surface area (Å²) in [7, 11) is 0. The second-order valence-electron chi connectivity index (χ2n) is 8.51. The third-order valence-electron chi connectivity index (χ3n) is 6.37. The Balaban J connectivity index is 1.12. The third-order valence-corrected chi connectivity index (χ3v) is 6.68. The molecule has 1 aromatic carbocycles. The lowest BCUT2D eigenvalue weighted by atomic mass is 9.38. The molecule has 0 aliphatic heterocycles. The maximum Gasteiger partial charge on any atom is 0.258 e. The molecule has 4 aliphatic carbocycles. The number of nitrogens with one attached hydrogen (secondary N) is 1. The van der Waals surface area contributed by atoms with E-state index in [0.717, 1.165) is 43.9 Å². The monoisotopic (exact) mass is 415 g/mol. The van der Waals surface area contributed by atoms with Crippen LogP contribution >= 0.6 is 11.6 Å². The fourth-order valence-corrected chi connectivity index (χ4v) is 4.93. The van der Waals surface area contributed by atoms with Crippen LogP contribution in [0.5, 0.6) is 5.75 Å². The van der Waals surface area contributed by atoms with Gasteiger partial charge in [0.15, 0.2) is 6.61 Å². The highest BCUT2D eigenvalue weighted by Gasteiger charge is 2.70. The summed E-state index contributed by atoms with van der Waals surface area (Å²) >= 11 is 5.64. The quantitative estimate of drug-likeness (QED) is 0.783. The summed E-state index contributed by atoms with van der Waals surface area (Å²) in [6, 6.07) is 6.58. The van der Waals surface area contributed by atoms with Crippen molar-refractivity contribution >= 4 is 17.5 Å². The summed E-state index contributed by atoms with van der Waals surface area (Å²) in [6.07, 6.45) is 5.97. The fourth-order valence-electron chi connectivity index (χ4n) is 4.82. The zero-order valence-corrected chi connectivity index (χ0v) is 16.3. The smallest absolute Gasteiger partial charge is 0.258 e. The van der Waals surface area contributed by atoms with Crippen LogP contribution in [0.4, 0.5) is 4.39 Å². The van der Waals surface area contributed by atoms with Crippen molar-refractivity contribution < 1.29 is 13.9 Å². The van der Waals surface area contributed by atoms with Gasteiger partial charge in [-0.3, -0.25) is 4.79 Å². The van der Waals surface area contributed by atoms with Gasteiger partial charge in [0.25, 0.3) is 5.91 Å². The number of hydrogen-bond acceptors (Lipinski definition) is 5. The van der Waals surface area contributed by atoms with Crippen LogP contribution in [0, 0.1) is 23.1 Å². The molecule has 7 nitrogen and oxygen atoms in total. The first-order valence-electron chi connectivity index (χ1n) is 9.61. The van der Waals surface area contributed by atoms with E-state index in [1.54, 1.807) is 4.80 Å². The Hall–Kier alpha value is -2.66. The highest BCUT2D eigenvalue weighted by molar-refractivity contribution is 6.30. The first kappa shape index (κ1) is 18.4. The molecule has 1 aromatic heterocycles. The molecule has 0 unspecified atom stereocenters. The Kier molecular flexibility index (Phi) is 4.07. The second-order valence-corrected chi connectivity index (χ2v) is 8.91. The van der Waals surface area contributed by atoms with Crippen LogP contribution in [-0.2, 0) is 10.2 Å². The Morgan fingerprint density at radius 2 is 2.17 bits per heavy atom. The Morgan fingerprint density at radius 3 is 2.86 bits per heavy atom. The molecule has 0 radical (unpaired) electrons. The Bertz CT molecular complexity index is 1010. The molecular weight excluding hydrogens is 397 g/mol. The Labute approximate surface area is 171 Å². The van der Waals surface area contributed by atoms with Crippen molar-refractivity contribution in [3.8, 4) is 11.8 Å². The lowest BCUT2D eigenvalue weighted by Crippen LogP contribution is -2.77. The van der Waals surface area contributed by atoms with Crippen LogP contribution in [0.25, 0.3) is 0 Å². The van der Waals surface area contributed by atoms with Crippen molar-refractivity contribution in [1.82, 2.24) is 20.3 Å². The van der Waals surface area contributed by atoms with E-state index in [4.69, 9.17) is 21.6 Å². The summed E-state index contributed by atoms with van der Waals surface area (Å²) in [4.78, 5) is 14.0. The van der Waals surface area contributed by atoms with E-state index in [2.05, 4.69) is 21.6 Å². The number of halogens is 2. The first-order chi connectivity index (χ1) is 13.9. The van der Waals surface area contributed by atoms with Crippen LogP contribution in [0.15, 0.2) is 24.4 Å². The van der Waals surface area contributed by atoms with Gasteiger partial charge in [0.05, 0.1) is 34.9 Å². The number of rotatable bonds is 6. The molecule has 150 valence electrons. The molecule has 6 rings (SSSR count). The molecule has 29 heavy (non-hydrogen) atoms. The molecule has 2 aromatic rings. The number of ether oxygens (including phenoxy) is 1. The molecule has 1 N–H and O–H groups in total. The zero-order valence-electron chi connectivity index (χ0n) is 15.6. The van der Waals surface area contributed by atoms with Gasteiger partial charge in [0.2, 0.25) is 0 Å². The van der Waals surface area contributed by atoms with Gasteiger partial charge in [-0.2, -0.15) is 20.3 Å². The van der Waals surface area contributed by atoms with E-state index >= 15 is 0 Å². The SMILES string of the molecule is N#C[C@H]1C[C@@H](n2ncc(C34CC(NC(=O)COc5ccc(Cl)c(F)c5)(C3)C4)n2)C1. The molecule has 0 spiro atoms. The average Bonchev–Trinajstić information content (AvgIpc) is 3.06. The lowest BCUT2D eigenvalue weighted by molar-refractivity contribution is -0.140. The van der Waals surface area contributed by atoms with E-state index in [9.17, 15) is 9.18 Å². The average molecular weight is 416 g/mol. The second kappa shape index (κ2) is 6.42. The highest BCUT2D eigenvalue weighted by Crippen LogP contribution is 2.67. The number of carbonyl (C=O) groups is 1. The van der Waals surface area contributed by atoms with Crippen LogP contribution in [0.1, 0.15) is 43.8 Å². The Morgan fingerprint density at radius 1 is 1.41 bits per heavy atom. The molecular formula is C20H19ClFN5O2. The summed E-state index contributed by atoms with van der Waals surface area (Å²) < 4.78 is 18.8. The van der Waals surface area contributed by atoms with E-state index < -0.39 is 5.82 Å². The summed E-state index contributed by atoms with van der Waals surface area (Å²) in [6.45, 7) is -0.173. The van der Waals surface area contributed by atoms with Crippen LogP contribution < -0.4 is 10.1 Å². The van der Waals surface area contributed by atoms with E-state index in [-0.39, 0.29) is 46.2 Å². The molecule has 1 heterocycles. The lowest BCUT2D eigenvalue weighted by Gasteiger charge is -2.69. The van der Waals surface area contributed by atoms with Crippen molar-refractivity contribution in [3.05, 3.63) is 40.9 Å². The van der Waals surface area contributed by atoms with Gasteiger partial charge >= 0.3 is 0 Å². The van der Waals surface area contributed by atoms with Gasteiger partial charge in [-0.15, -0.1) is 0 Å². The molecule has 9 heteroatoms. The molecule has 4 saturated carbocycles. The minimum absolute atomic E-state index is 0.00404. The van der Waals surface area contributed by atoms with Gasteiger partial charge in [-0.05, 0) is 44.2 Å². The molecule has 4 fully saturated rings. The minimum atomic E-state index is -0.580. The minimum Gasteiger partial charge on any atom is -0.484 e. The number of benzene rings is 1. The van der Waals surface area contributed by atoms with E-state index in [1.165, 1.54) is 12.1 Å². The molecule has 4 aliphatic rings. The largest absolute Gasteiger partial charge is 0.484 e. The molecule has 0 saturated heterocycles. The van der Waals surface area contributed by atoms with Crippen LogP contribution in [0.3, 0.4) is 0 Å². The fraction of sp³-hybridized carbons (Fsp3) is 0.500. The standard InChI is InChI=1S/C20H19ClFN5O2/c21-15-2-1-14(5-16(15)22)29-8-18(28)25-20-9-19(10-20,11-20)17-7-24-27(26-17)13-3-12(4-13)6-23/h1-2,5,7,12-13H,3-4,8-11H2,(H,25,28)/t12-,13+,19?,20?. The third kappa shape index (κ3) is 3.04. The number of nitrogens with zero attached hydrogens (tertiary/aromatic N) is 4. The van der Waals surface area contributed by atoms with Crippen molar-refractivity contribution in [2.24, 2.45) is 5.92 Å². The summed E-state index contributed by atoms with van der Waals surface area (Å²) in [5.41, 5.74) is 0.781. The number of carbonyl (C=O) groups excluding carboxylic acids is 1. The highest BCUT2D eigenvalue weighted by atomic mass is 35.5. The predicted molar refractivity (Wildman–Crippen MR) is 101 cm³/mol. The summed E-state index contributed by atoms with van der Waals surface area (Å²) in [5, 5.41) is 21.0. The van der Waals surface area contributed by atoms with Crippen molar-refractivity contribution in [2.75, 3.05) is 6.61 Å². The maximum absolute atomic E-state index is 13.4. The first-order valence-corrected chi connectivity index (χ1v) is 9.99. The van der Waals surface area contributed by atoms with Gasteiger partial charge in [0.1, 0.15) is 11.6 Å². The molecule has 1 amide bonds. The van der Waals surface area contributed by atoms with E-state index in [1.807, 2.05) is 6.20 Å². The molecule has 0 atom stereocenters. The van der Waals surface area contributed by atoms with Crippen molar-refractivity contribution in [2.45, 2.75) is 49.1 Å². The number of amides is 1. The number of hydrogen-bond donors (Lipinski definition) is 1. The number of nitriles is 1. The zero-order chi connectivity index (χ0) is 20.2. The predicted octanol–water partition coefficient (Wildman–Crippen LogP) is 2.91.